The largest absolute Gasteiger partial charge is 0.297 e. The first-order valence-electron chi connectivity index (χ1n) is 8.01. The van der Waals surface area contributed by atoms with Crippen LogP contribution in [-0.4, -0.2) is 29.0 Å². The quantitative estimate of drug-likeness (QED) is 0.666. The van der Waals surface area contributed by atoms with E-state index in [2.05, 4.69) is 0 Å². The smallest absolute Gasteiger partial charge is 0.261 e. The lowest BCUT2D eigenvalue weighted by Gasteiger charge is -2.20. The third-order valence-corrected chi connectivity index (χ3v) is 6.65. The molecule has 142 valence electrons. The zero-order valence-corrected chi connectivity index (χ0v) is 16.7. The molecule has 0 fully saturated rings. The van der Waals surface area contributed by atoms with Crippen LogP contribution in [0, 0.1) is 13.8 Å². The third kappa shape index (κ3) is 5.14. The zero-order chi connectivity index (χ0) is 19.5. The molecular formula is C18H22O6S2. The normalized spacial score (nSPS) is 14.8. The Hall–Kier alpha value is -1.74. The molecule has 0 radical (unpaired) electrons. The third-order valence-electron chi connectivity index (χ3n) is 3.84. The number of hydrogen-bond donors (Lipinski definition) is 0. The molecule has 0 saturated carbocycles. The van der Waals surface area contributed by atoms with Crippen molar-refractivity contribution in [2.24, 2.45) is 0 Å². The van der Waals surface area contributed by atoms with Crippen LogP contribution in [0.3, 0.4) is 0 Å². The molecule has 0 heterocycles. The van der Waals surface area contributed by atoms with Crippen molar-refractivity contribution in [1.29, 1.82) is 0 Å². The lowest BCUT2D eigenvalue weighted by molar-refractivity contribution is 0.0871. The highest BCUT2D eigenvalue weighted by Gasteiger charge is 2.28. The monoisotopic (exact) mass is 398 g/mol. The summed E-state index contributed by atoms with van der Waals surface area (Å²) in [6.07, 6.45) is -2.00. The van der Waals surface area contributed by atoms with Gasteiger partial charge in [0.05, 0.1) is 9.79 Å². The van der Waals surface area contributed by atoms with Gasteiger partial charge in [-0.3, -0.25) is 8.37 Å². The number of benzene rings is 2. The fourth-order valence-corrected chi connectivity index (χ4v) is 4.35. The Labute approximate surface area is 155 Å². The van der Waals surface area contributed by atoms with Gasteiger partial charge in [-0.05, 0) is 52.0 Å². The van der Waals surface area contributed by atoms with E-state index in [0.29, 0.717) is 0 Å². The van der Waals surface area contributed by atoms with Crippen LogP contribution in [0.1, 0.15) is 25.0 Å². The molecule has 0 spiro atoms. The van der Waals surface area contributed by atoms with Gasteiger partial charge < -0.3 is 0 Å². The van der Waals surface area contributed by atoms with E-state index in [1.54, 1.807) is 24.3 Å². The molecule has 0 aliphatic carbocycles. The molecule has 0 aromatic heterocycles. The molecule has 26 heavy (non-hydrogen) atoms. The van der Waals surface area contributed by atoms with E-state index in [0.717, 1.165) is 11.1 Å². The fraction of sp³-hybridized carbons (Fsp3) is 0.333. The minimum atomic E-state index is -4.02. The van der Waals surface area contributed by atoms with Crippen molar-refractivity contribution in [3.05, 3.63) is 59.7 Å². The second-order valence-electron chi connectivity index (χ2n) is 6.14. The molecule has 0 saturated heterocycles. The summed E-state index contributed by atoms with van der Waals surface area (Å²) < 4.78 is 59.4. The second-order valence-corrected chi connectivity index (χ2v) is 9.28. The minimum absolute atomic E-state index is 0.00328. The first kappa shape index (κ1) is 20.6. The van der Waals surface area contributed by atoms with Crippen molar-refractivity contribution in [3.63, 3.8) is 0 Å². The summed E-state index contributed by atoms with van der Waals surface area (Å²) in [5.74, 6) is 0. The highest BCUT2D eigenvalue weighted by molar-refractivity contribution is 7.87. The maximum absolute atomic E-state index is 12.3. The standard InChI is InChI=1S/C18H22O6S2/c1-13-5-9-17(10-6-13)25(19,20)23-15(3)16(4)24-26(21,22)18-11-7-14(2)8-12-18/h5-12,15-16H,1-4H3. The first-order chi connectivity index (χ1) is 12.0. The molecule has 0 amide bonds. The molecule has 8 heteroatoms. The first-order valence-corrected chi connectivity index (χ1v) is 10.8. The SMILES string of the molecule is Cc1ccc(S(=O)(=O)OC(C)C(C)OS(=O)(=O)c2ccc(C)cc2)cc1. The van der Waals surface area contributed by atoms with Crippen LogP contribution in [0.25, 0.3) is 0 Å². The molecule has 6 nitrogen and oxygen atoms in total. The summed E-state index contributed by atoms with van der Waals surface area (Å²) in [4.78, 5) is 0.00656. The summed E-state index contributed by atoms with van der Waals surface area (Å²) in [5.41, 5.74) is 1.83. The Morgan fingerprint density at radius 1 is 0.615 bits per heavy atom. The van der Waals surface area contributed by atoms with Gasteiger partial charge in [0, 0.05) is 0 Å². The Balaban J connectivity index is 2.10. The van der Waals surface area contributed by atoms with Crippen LogP contribution in [0.5, 0.6) is 0 Å². The van der Waals surface area contributed by atoms with Crippen molar-refractivity contribution in [2.45, 2.75) is 49.7 Å². The predicted molar refractivity (Wildman–Crippen MR) is 97.8 cm³/mol. The van der Waals surface area contributed by atoms with Gasteiger partial charge in [-0.25, -0.2) is 0 Å². The molecular weight excluding hydrogens is 376 g/mol. The van der Waals surface area contributed by atoms with Gasteiger partial charge in [0.25, 0.3) is 20.2 Å². The van der Waals surface area contributed by atoms with Gasteiger partial charge in [0.15, 0.2) is 0 Å². The minimum Gasteiger partial charge on any atom is -0.261 e. The van der Waals surface area contributed by atoms with Gasteiger partial charge in [-0.15, -0.1) is 0 Å². The highest BCUT2D eigenvalue weighted by atomic mass is 32.2. The average molecular weight is 399 g/mol. The maximum Gasteiger partial charge on any atom is 0.297 e. The Bertz CT molecular complexity index is 864. The van der Waals surface area contributed by atoms with Crippen molar-refractivity contribution >= 4 is 20.2 Å². The molecule has 0 N–H and O–H groups in total. The Morgan fingerprint density at radius 2 is 0.885 bits per heavy atom. The number of aryl methyl sites for hydroxylation is 2. The Morgan fingerprint density at radius 3 is 1.15 bits per heavy atom. The van der Waals surface area contributed by atoms with Crippen molar-refractivity contribution < 1.29 is 25.2 Å². The van der Waals surface area contributed by atoms with E-state index in [9.17, 15) is 16.8 Å². The summed E-state index contributed by atoms with van der Waals surface area (Å²) >= 11 is 0. The van der Waals surface area contributed by atoms with Gasteiger partial charge in [0.2, 0.25) is 0 Å². The van der Waals surface area contributed by atoms with Crippen molar-refractivity contribution in [3.8, 4) is 0 Å². The summed E-state index contributed by atoms with van der Waals surface area (Å²) in [6.45, 7) is 6.57. The van der Waals surface area contributed by atoms with Gasteiger partial charge in [-0.2, -0.15) is 16.8 Å². The van der Waals surface area contributed by atoms with E-state index in [1.807, 2.05) is 13.8 Å². The van der Waals surface area contributed by atoms with E-state index >= 15 is 0 Å². The molecule has 2 unspecified atom stereocenters. The van der Waals surface area contributed by atoms with Crippen LogP contribution >= 0.6 is 0 Å². The van der Waals surface area contributed by atoms with Crippen molar-refractivity contribution in [2.75, 3.05) is 0 Å². The number of hydrogen-bond acceptors (Lipinski definition) is 6. The summed E-state index contributed by atoms with van der Waals surface area (Å²) in [6, 6.07) is 12.4. The molecule has 0 aliphatic heterocycles. The fourth-order valence-electron chi connectivity index (χ4n) is 2.08. The lowest BCUT2D eigenvalue weighted by Crippen LogP contribution is -2.30. The topological polar surface area (TPSA) is 86.7 Å². The molecule has 0 aliphatic rings. The average Bonchev–Trinajstić information content (AvgIpc) is 2.54. The lowest BCUT2D eigenvalue weighted by atomic mass is 10.2. The summed E-state index contributed by atoms with van der Waals surface area (Å²) in [5, 5.41) is 0. The van der Waals surface area contributed by atoms with Gasteiger partial charge >= 0.3 is 0 Å². The van der Waals surface area contributed by atoms with Gasteiger partial charge in [0.1, 0.15) is 12.2 Å². The number of rotatable bonds is 7. The maximum atomic E-state index is 12.3. The van der Waals surface area contributed by atoms with Crippen LogP contribution < -0.4 is 0 Å². The van der Waals surface area contributed by atoms with E-state index in [4.69, 9.17) is 8.37 Å². The van der Waals surface area contributed by atoms with E-state index in [-0.39, 0.29) is 9.79 Å². The highest BCUT2D eigenvalue weighted by Crippen LogP contribution is 2.20. The van der Waals surface area contributed by atoms with Crippen LogP contribution in [0.15, 0.2) is 58.3 Å². The van der Waals surface area contributed by atoms with Crippen LogP contribution in [0.4, 0.5) is 0 Å². The molecule has 2 rings (SSSR count). The Kier molecular flexibility index (Phi) is 6.23. The summed E-state index contributed by atoms with van der Waals surface area (Å²) in [7, 11) is -8.04. The van der Waals surface area contributed by atoms with E-state index in [1.165, 1.54) is 38.1 Å². The molecule has 2 atom stereocenters. The predicted octanol–water partition coefficient (Wildman–Crippen LogP) is 3.19. The molecule has 2 aromatic carbocycles. The van der Waals surface area contributed by atoms with Gasteiger partial charge in [-0.1, -0.05) is 35.4 Å². The van der Waals surface area contributed by atoms with E-state index < -0.39 is 32.4 Å². The zero-order valence-electron chi connectivity index (χ0n) is 15.0. The second kappa shape index (κ2) is 7.87. The molecule has 0 bridgehead atoms. The van der Waals surface area contributed by atoms with Crippen LogP contribution in [-0.2, 0) is 28.6 Å². The van der Waals surface area contributed by atoms with Crippen LogP contribution in [0.2, 0.25) is 0 Å². The molecule has 2 aromatic rings. The van der Waals surface area contributed by atoms with Crippen molar-refractivity contribution in [1.82, 2.24) is 0 Å².